The van der Waals surface area contributed by atoms with E-state index < -0.39 is 0 Å². The summed E-state index contributed by atoms with van der Waals surface area (Å²) in [6.45, 7) is 1.94. The van der Waals surface area contributed by atoms with Crippen molar-refractivity contribution in [3.05, 3.63) is 24.3 Å². The van der Waals surface area contributed by atoms with Crippen molar-refractivity contribution < 1.29 is 28.5 Å². The molecule has 0 radical (unpaired) electrons. The van der Waals surface area contributed by atoms with Gasteiger partial charge >= 0.3 is 11.9 Å². The quantitative estimate of drug-likeness (QED) is 0.573. The van der Waals surface area contributed by atoms with Crippen LogP contribution in [0.15, 0.2) is 24.3 Å². The lowest BCUT2D eigenvalue weighted by Gasteiger charge is -2.06. The summed E-state index contributed by atoms with van der Waals surface area (Å²) in [6.07, 6.45) is 18.2. The number of esters is 2. The molecule has 0 fully saturated rings. The van der Waals surface area contributed by atoms with Crippen LogP contribution in [0, 0.1) is 0 Å². The molecule has 0 bridgehead atoms. The molecule has 0 aliphatic carbocycles. The fraction of sp³-hybridized carbons (Fsp3) is 0.727. The van der Waals surface area contributed by atoms with Crippen LogP contribution in [0.5, 0.6) is 0 Å². The number of hydrogen-bond acceptors (Lipinski definition) is 6. The minimum absolute atomic E-state index is 0.229. The summed E-state index contributed by atoms with van der Waals surface area (Å²) in [5.74, 6) is -0.644. The van der Waals surface area contributed by atoms with E-state index in [4.69, 9.17) is 18.9 Å². The van der Waals surface area contributed by atoms with Gasteiger partial charge in [0.15, 0.2) is 0 Å². The van der Waals surface area contributed by atoms with Gasteiger partial charge in [0.05, 0.1) is 26.4 Å². The summed E-state index contributed by atoms with van der Waals surface area (Å²) in [4.78, 5) is 23.1. The molecule has 0 aromatic rings. The van der Waals surface area contributed by atoms with Gasteiger partial charge in [-0.25, -0.2) is 9.59 Å². The third-order valence-electron chi connectivity index (χ3n) is 4.32. The molecule has 1 aliphatic heterocycles. The summed E-state index contributed by atoms with van der Waals surface area (Å²) < 4.78 is 20.8. The standard InChI is InChI=1S/C22H36O6/c23-21-13-11-9-7-5-3-1-2-4-6-8-10-12-14-22(24)28-20-18-26-16-15-25-17-19-27-21/h11-14H,1-10,15-20H2/b13-11+,14-12+. The van der Waals surface area contributed by atoms with E-state index in [0.717, 1.165) is 25.7 Å². The first-order valence-electron chi connectivity index (χ1n) is 10.6. The summed E-state index contributed by atoms with van der Waals surface area (Å²) in [5.41, 5.74) is 0. The fourth-order valence-corrected chi connectivity index (χ4v) is 2.76. The third-order valence-corrected chi connectivity index (χ3v) is 4.32. The van der Waals surface area contributed by atoms with Crippen molar-refractivity contribution in [1.82, 2.24) is 0 Å². The average Bonchev–Trinajstić information content (AvgIpc) is 2.69. The van der Waals surface area contributed by atoms with Crippen LogP contribution in [0.25, 0.3) is 0 Å². The van der Waals surface area contributed by atoms with Gasteiger partial charge < -0.3 is 18.9 Å². The second-order valence-corrected chi connectivity index (χ2v) is 6.77. The van der Waals surface area contributed by atoms with Gasteiger partial charge in [0.2, 0.25) is 0 Å². The summed E-state index contributed by atoms with van der Waals surface area (Å²) in [5, 5.41) is 0. The Hall–Kier alpha value is -1.66. The fourth-order valence-electron chi connectivity index (χ4n) is 2.76. The SMILES string of the molecule is O=C1/C=C/CCCCCCCCCC/C=C/C(=O)OCCOCCOCCO1. The molecule has 6 nitrogen and oxygen atoms in total. The van der Waals surface area contributed by atoms with Crippen LogP contribution in [0.4, 0.5) is 0 Å². The van der Waals surface area contributed by atoms with Gasteiger partial charge in [-0.2, -0.15) is 0 Å². The first-order chi connectivity index (χ1) is 13.8. The molecular weight excluding hydrogens is 360 g/mol. The van der Waals surface area contributed by atoms with Crippen LogP contribution >= 0.6 is 0 Å². The Balaban J connectivity index is 2.22. The Labute approximate surface area is 169 Å². The van der Waals surface area contributed by atoms with Gasteiger partial charge in [-0.05, 0) is 25.7 Å². The Morgan fingerprint density at radius 1 is 0.500 bits per heavy atom. The molecule has 0 amide bonds. The van der Waals surface area contributed by atoms with E-state index in [1.165, 1.54) is 50.7 Å². The topological polar surface area (TPSA) is 71.1 Å². The molecule has 0 saturated heterocycles. The van der Waals surface area contributed by atoms with E-state index in [2.05, 4.69) is 0 Å². The Bertz CT molecular complexity index is 416. The Morgan fingerprint density at radius 3 is 1.29 bits per heavy atom. The highest BCUT2D eigenvalue weighted by atomic mass is 16.6. The van der Waals surface area contributed by atoms with Gasteiger partial charge in [0.1, 0.15) is 13.2 Å². The molecule has 0 unspecified atom stereocenters. The minimum Gasteiger partial charge on any atom is -0.460 e. The molecule has 0 aromatic heterocycles. The molecule has 1 rings (SSSR count). The lowest BCUT2D eigenvalue weighted by Crippen LogP contribution is -2.14. The summed E-state index contributed by atoms with van der Waals surface area (Å²) in [6, 6.07) is 0. The molecular formula is C22H36O6. The molecule has 6 heteroatoms. The number of rotatable bonds is 0. The largest absolute Gasteiger partial charge is 0.460 e. The van der Waals surface area contributed by atoms with Crippen LogP contribution in [0.1, 0.15) is 64.2 Å². The van der Waals surface area contributed by atoms with Crippen molar-refractivity contribution >= 4 is 11.9 Å². The van der Waals surface area contributed by atoms with Crippen LogP contribution in [-0.4, -0.2) is 51.6 Å². The molecule has 28 heavy (non-hydrogen) atoms. The van der Waals surface area contributed by atoms with Crippen molar-refractivity contribution in [1.29, 1.82) is 0 Å². The van der Waals surface area contributed by atoms with Crippen LogP contribution in [-0.2, 0) is 28.5 Å². The van der Waals surface area contributed by atoms with Gasteiger partial charge in [0.25, 0.3) is 0 Å². The van der Waals surface area contributed by atoms with E-state index >= 15 is 0 Å². The first kappa shape index (κ1) is 24.4. The Morgan fingerprint density at radius 2 is 0.857 bits per heavy atom. The highest BCUT2D eigenvalue weighted by molar-refractivity contribution is 5.82. The van der Waals surface area contributed by atoms with E-state index in [0.29, 0.717) is 26.4 Å². The molecule has 1 heterocycles. The number of carbonyl (C=O) groups excluding carboxylic acids is 2. The molecule has 1 aliphatic rings. The van der Waals surface area contributed by atoms with Crippen molar-refractivity contribution in [2.45, 2.75) is 64.2 Å². The summed E-state index contributed by atoms with van der Waals surface area (Å²) >= 11 is 0. The monoisotopic (exact) mass is 396 g/mol. The highest BCUT2D eigenvalue weighted by Gasteiger charge is 1.99. The molecule has 0 spiro atoms. The predicted molar refractivity (Wildman–Crippen MR) is 108 cm³/mol. The third kappa shape index (κ3) is 16.5. The number of ether oxygens (including phenoxy) is 4. The van der Waals surface area contributed by atoms with E-state index in [1.54, 1.807) is 0 Å². The number of cyclic esters (lactones) is 2. The number of allylic oxidation sites excluding steroid dienone is 2. The van der Waals surface area contributed by atoms with Crippen LogP contribution < -0.4 is 0 Å². The van der Waals surface area contributed by atoms with Crippen molar-refractivity contribution in [3.63, 3.8) is 0 Å². The zero-order chi connectivity index (χ0) is 20.1. The maximum absolute atomic E-state index is 11.5. The van der Waals surface area contributed by atoms with Gasteiger partial charge in [0, 0.05) is 12.2 Å². The number of carbonyl (C=O) groups is 2. The minimum atomic E-state index is -0.322. The first-order valence-corrected chi connectivity index (χ1v) is 10.6. The Kier molecular flexibility index (Phi) is 16.3. The van der Waals surface area contributed by atoms with Gasteiger partial charge in [-0.1, -0.05) is 50.7 Å². The lowest BCUT2D eigenvalue weighted by molar-refractivity contribution is -0.141. The van der Waals surface area contributed by atoms with Gasteiger partial charge in [-0.15, -0.1) is 0 Å². The van der Waals surface area contributed by atoms with Crippen molar-refractivity contribution in [2.75, 3.05) is 39.6 Å². The zero-order valence-corrected chi connectivity index (χ0v) is 17.1. The number of hydrogen-bond donors (Lipinski definition) is 0. The molecule has 0 aromatic carbocycles. The van der Waals surface area contributed by atoms with E-state index in [1.807, 2.05) is 12.2 Å². The summed E-state index contributed by atoms with van der Waals surface area (Å²) in [7, 11) is 0. The smallest absolute Gasteiger partial charge is 0.330 e. The van der Waals surface area contributed by atoms with E-state index in [-0.39, 0.29) is 25.2 Å². The zero-order valence-electron chi connectivity index (χ0n) is 17.1. The molecule has 0 N–H and O–H groups in total. The second kappa shape index (κ2) is 18.7. The maximum atomic E-state index is 11.5. The predicted octanol–water partition coefficient (Wildman–Crippen LogP) is 4.13. The highest BCUT2D eigenvalue weighted by Crippen LogP contribution is 2.11. The molecule has 0 saturated carbocycles. The van der Waals surface area contributed by atoms with Gasteiger partial charge in [-0.3, -0.25) is 0 Å². The van der Waals surface area contributed by atoms with Crippen LogP contribution in [0.2, 0.25) is 0 Å². The second-order valence-electron chi connectivity index (χ2n) is 6.77. The van der Waals surface area contributed by atoms with Crippen LogP contribution in [0.3, 0.4) is 0 Å². The molecule has 160 valence electrons. The average molecular weight is 397 g/mol. The lowest BCUT2D eigenvalue weighted by atomic mass is 10.1. The van der Waals surface area contributed by atoms with Crippen molar-refractivity contribution in [2.24, 2.45) is 0 Å². The molecule has 0 atom stereocenters. The van der Waals surface area contributed by atoms with E-state index in [9.17, 15) is 9.59 Å². The van der Waals surface area contributed by atoms with Crippen molar-refractivity contribution in [3.8, 4) is 0 Å². The maximum Gasteiger partial charge on any atom is 0.330 e. The normalized spacial score (nSPS) is 23.9.